The fourth-order valence-electron chi connectivity index (χ4n) is 6.20. The van der Waals surface area contributed by atoms with Crippen molar-refractivity contribution in [2.24, 2.45) is 12.8 Å². The number of aryl methyl sites for hydroxylation is 1. The van der Waals surface area contributed by atoms with E-state index in [1.807, 2.05) is 77.4 Å². The van der Waals surface area contributed by atoms with Gasteiger partial charge in [0, 0.05) is 41.6 Å². The summed E-state index contributed by atoms with van der Waals surface area (Å²) in [5.41, 5.74) is 10.7. The van der Waals surface area contributed by atoms with Crippen molar-refractivity contribution in [3.8, 4) is 11.3 Å². The molecular weight excluding hydrogens is 490 g/mol. The van der Waals surface area contributed by atoms with Gasteiger partial charge in [-0.15, -0.1) is 0 Å². The number of rotatable bonds is 5. The zero-order valence-corrected chi connectivity index (χ0v) is 21.7. The highest BCUT2D eigenvalue weighted by molar-refractivity contribution is 6.02. The lowest BCUT2D eigenvalue weighted by molar-refractivity contribution is -0.0277. The van der Waals surface area contributed by atoms with Gasteiger partial charge in [-0.25, -0.2) is 4.98 Å². The molecule has 7 rings (SSSR count). The first-order valence-electron chi connectivity index (χ1n) is 13.2. The largest absolute Gasteiger partial charge is 0.388 e. The molecule has 1 saturated carbocycles. The Kier molecular flexibility index (Phi) is 5.31. The molecule has 3 N–H and O–H groups in total. The van der Waals surface area contributed by atoms with Crippen molar-refractivity contribution < 1.29 is 9.90 Å². The molecule has 0 saturated heterocycles. The summed E-state index contributed by atoms with van der Waals surface area (Å²) in [5.74, 6) is -0.474. The number of hydrogen-bond acceptors (Lipinski definition) is 5. The third-order valence-electron chi connectivity index (χ3n) is 8.02. The predicted octanol–water partition coefficient (Wildman–Crippen LogP) is 4.59. The highest BCUT2D eigenvalue weighted by Crippen LogP contribution is 2.40. The summed E-state index contributed by atoms with van der Waals surface area (Å²) < 4.78 is 5.88. The van der Waals surface area contributed by atoms with Crippen LogP contribution in [0, 0.1) is 0 Å². The molecular formula is C30H29N7O2. The number of aliphatic hydroxyl groups is 1. The SMILES string of the molecule is Cn1cc2cc(-c3nn(C4CCCC(O)(Cn5cnc6ccccc65)C4)c4ccc(C(N)=O)cc34)ccc2n1. The van der Waals surface area contributed by atoms with E-state index < -0.39 is 11.5 Å². The molecule has 3 aromatic heterocycles. The molecule has 3 aromatic carbocycles. The fraction of sp³-hybridized carbons (Fsp3) is 0.267. The molecule has 2 unspecified atom stereocenters. The Balaban J connectivity index is 1.29. The van der Waals surface area contributed by atoms with Crippen LogP contribution in [0.25, 0.3) is 44.1 Å². The fourth-order valence-corrected chi connectivity index (χ4v) is 6.20. The number of carbonyl (C=O) groups is 1. The van der Waals surface area contributed by atoms with Crippen molar-refractivity contribution in [1.82, 2.24) is 29.1 Å². The van der Waals surface area contributed by atoms with Crippen molar-refractivity contribution in [2.45, 2.75) is 43.9 Å². The molecule has 0 bridgehead atoms. The van der Waals surface area contributed by atoms with Crippen LogP contribution < -0.4 is 5.73 Å². The number of benzene rings is 3. The van der Waals surface area contributed by atoms with E-state index >= 15 is 0 Å². The van der Waals surface area contributed by atoms with Gasteiger partial charge in [-0.1, -0.05) is 18.2 Å². The number of amides is 1. The monoisotopic (exact) mass is 519 g/mol. The van der Waals surface area contributed by atoms with E-state index in [0.29, 0.717) is 24.9 Å². The molecule has 39 heavy (non-hydrogen) atoms. The van der Waals surface area contributed by atoms with Gasteiger partial charge >= 0.3 is 0 Å². The van der Waals surface area contributed by atoms with Crippen LogP contribution >= 0.6 is 0 Å². The van der Waals surface area contributed by atoms with Gasteiger partial charge in [0.1, 0.15) is 5.69 Å². The smallest absolute Gasteiger partial charge is 0.248 e. The van der Waals surface area contributed by atoms with Crippen LogP contribution in [-0.2, 0) is 13.6 Å². The first-order valence-corrected chi connectivity index (χ1v) is 13.2. The maximum atomic E-state index is 12.1. The number of imidazole rings is 1. The van der Waals surface area contributed by atoms with Crippen LogP contribution in [0.1, 0.15) is 42.1 Å². The summed E-state index contributed by atoms with van der Waals surface area (Å²) in [7, 11) is 1.90. The predicted molar refractivity (Wildman–Crippen MR) is 150 cm³/mol. The van der Waals surface area contributed by atoms with Gasteiger partial charge in [-0.05, 0) is 61.7 Å². The van der Waals surface area contributed by atoms with E-state index in [4.69, 9.17) is 10.8 Å². The summed E-state index contributed by atoms with van der Waals surface area (Å²) in [6.07, 6.45) is 6.86. The Labute approximate surface area is 224 Å². The summed E-state index contributed by atoms with van der Waals surface area (Å²) in [6, 6.07) is 19.6. The molecule has 0 spiro atoms. The Morgan fingerprint density at radius 1 is 1.08 bits per heavy atom. The molecule has 0 aliphatic heterocycles. The Bertz CT molecular complexity index is 1880. The number of para-hydroxylation sites is 2. The zero-order chi connectivity index (χ0) is 26.7. The zero-order valence-electron chi connectivity index (χ0n) is 21.7. The van der Waals surface area contributed by atoms with E-state index in [9.17, 15) is 9.90 Å². The standard InChI is InChI=1S/C30H29N7O2/c1-35-16-21-13-19(8-10-24(21)33-35)28-23-14-20(29(31)38)9-11-26(23)37(34-28)22-5-4-12-30(39,15-22)17-36-18-32-25-6-2-3-7-27(25)36/h2-3,6-11,13-14,16,18,22,39H,4-5,12,15,17H2,1H3,(H2,31,38). The van der Waals surface area contributed by atoms with E-state index in [0.717, 1.165) is 56.9 Å². The van der Waals surface area contributed by atoms with Crippen LogP contribution in [0.3, 0.4) is 0 Å². The van der Waals surface area contributed by atoms with Crippen LogP contribution in [0.5, 0.6) is 0 Å². The van der Waals surface area contributed by atoms with Crippen molar-refractivity contribution in [1.29, 1.82) is 0 Å². The minimum absolute atomic E-state index is 0.00339. The third kappa shape index (κ3) is 4.06. The lowest BCUT2D eigenvalue weighted by atomic mass is 9.81. The minimum Gasteiger partial charge on any atom is -0.388 e. The molecule has 0 radical (unpaired) electrons. The maximum absolute atomic E-state index is 12.1. The van der Waals surface area contributed by atoms with Crippen LogP contribution in [0.2, 0.25) is 0 Å². The van der Waals surface area contributed by atoms with E-state index in [1.165, 1.54) is 0 Å². The van der Waals surface area contributed by atoms with Crippen molar-refractivity contribution >= 4 is 38.7 Å². The summed E-state index contributed by atoms with van der Waals surface area (Å²) in [6.45, 7) is 0.472. The lowest BCUT2D eigenvalue weighted by Gasteiger charge is -2.37. The van der Waals surface area contributed by atoms with E-state index in [-0.39, 0.29) is 6.04 Å². The second kappa shape index (κ2) is 8.78. The number of carbonyl (C=O) groups excluding carboxylic acids is 1. The number of fused-ring (bicyclic) bond motifs is 3. The number of hydrogen-bond donors (Lipinski definition) is 2. The van der Waals surface area contributed by atoms with Crippen LogP contribution in [0.4, 0.5) is 0 Å². The van der Waals surface area contributed by atoms with E-state index in [1.54, 1.807) is 10.7 Å². The average molecular weight is 520 g/mol. The van der Waals surface area contributed by atoms with E-state index in [2.05, 4.69) is 16.1 Å². The number of nitrogens with two attached hydrogens (primary N) is 1. The quantitative estimate of drug-likeness (QED) is 0.346. The maximum Gasteiger partial charge on any atom is 0.248 e. The van der Waals surface area contributed by atoms with Crippen molar-refractivity contribution in [3.63, 3.8) is 0 Å². The van der Waals surface area contributed by atoms with Gasteiger partial charge in [-0.3, -0.25) is 14.2 Å². The third-order valence-corrected chi connectivity index (χ3v) is 8.02. The number of nitrogens with zero attached hydrogens (tertiary/aromatic N) is 6. The first kappa shape index (κ1) is 23.6. The Morgan fingerprint density at radius 2 is 1.95 bits per heavy atom. The molecule has 1 aliphatic rings. The molecule has 3 heterocycles. The topological polar surface area (TPSA) is 117 Å². The summed E-state index contributed by atoms with van der Waals surface area (Å²) in [4.78, 5) is 16.6. The summed E-state index contributed by atoms with van der Waals surface area (Å²) in [5, 5.41) is 23.3. The average Bonchev–Trinajstić information content (AvgIpc) is 3.62. The molecule has 1 aliphatic carbocycles. The van der Waals surface area contributed by atoms with Gasteiger partial charge in [0.25, 0.3) is 0 Å². The number of primary amides is 1. The normalized spacial score (nSPS) is 19.8. The Morgan fingerprint density at radius 3 is 2.82 bits per heavy atom. The summed E-state index contributed by atoms with van der Waals surface area (Å²) >= 11 is 0. The Hall–Kier alpha value is -4.50. The second-order valence-corrected chi connectivity index (χ2v) is 10.8. The molecule has 9 nitrogen and oxygen atoms in total. The highest BCUT2D eigenvalue weighted by atomic mass is 16.3. The van der Waals surface area contributed by atoms with Gasteiger partial charge in [0.05, 0.1) is 46.6 Å². The van der Waals surface area contributed by atoms with Gasteiger partial charge < -0.3 is 15.4 Å². The molecule has 6 aromatic rings. The molecule has 2 atom stereocenters. The minimum atomic E-state index is -0.896. The van der Waals surface area contributed by atoms with Crippen molar-refractivity contribution in [3.05, 3.63) is 78.8 Å². The van der Waals surface area contributed by atoms with Gasteiger partial charge in [-0.2, -0.15) is 10.2 Å². The second-order valence-electron chi connectivity index (χ2n) is 10.8. The van der Waals surface area contributed by atoms with Crippen molar-refractivity contribution in [2.75, 3.05) is 0 Å². The van der Waals surface area contributed by atoms with Gasteiger partial charge in [0.15, 0.2) is 0 Å². The van der Waals surface area contributed by atoms with Gasteiger partial charge in [0.2, 0.25) is 5.91 Å². The highest BCUT2D eigenvalue weighted by Gasteiger charge is 2.37. The lowest BCUT2D eigenvalue weighted by Crippen LogP contribution is -2.40. The number of aromatic nitrogens is 6. The molecule has 196 valence electrons. The molecule has 9 heteroatoms. The van der Waals surface area contributed by atoms with Crippen LogP contribution in [-0.4, -0.2) is 45.7 Å². The van der Waals surface area contributed by atoms with Crippen LogP contribution in [0.15, 0.2) is 73.2 Å². The molecule has 1 fully saturated rings. The molecule has 1 amide bonds. The first-order chi connectivity index (χ1) is 18.9.